The average Bonchev–Trinajstić information content (AvgIpc) is 3.54. The Labute approximate surface area is 292 Å². The summed E-state index contributed by atoms with van der Waals surface area (Å²) in [6, 6.07) is 74.0. The molecule has 0 saturated heterocycles. The first-order valence-corrected chi connectivity index (χ1v) is 17.1. The molecule has 9 rings (SSSR count). The van der Waals surface area contributed by atoms with Gasteiger partial charge in [0.1, 0.15) is 0 Å². The van der Waals surface area contributed by atoms with Crippen molar-refractivity contribution >= 4 is 38.9 Å². The van der Waals surface area contributed by atoms with Crippen LogP contribution in [0.5, 0.6) is 0 Å². The Bertz CT molecular complexity index is 2510. The van der Waals surface area contributed by atoms with E-state index in [-0.39, 0.29) is 0 Å². The van der Waals surface area contributed by atoms with E-state index in [2.05, 4.69) is 216 Å². The zero-order valence-electron chi connectivity index (χ0n) is 27.5. The summed E-state index contributed by atoms with van der Waals surface area (Å²) in [5.74, 6) is 0. The van der Waals surface area contributed by atoms with Crippen LogP contribution in [-0.4, -0.2) is 4.57 Å². The van der Waals surface area contributed by atoms with Crippen LogP contribution >= 0.6 is 0 Å². The molecule has 2 nitrogen and oxygen atoms in total. The van der Waals surface area contributed by atoms with E-state index in [9.17, 15) is 0 Å². The van der Waals surface area contributed by atoms with Gasteiger partial charge in [0, 0.05) is 33.5 Å². The molecule has 8 aromatic carbocycles. The Kier molecular flexibility index (Phi) is 7.53. The second-order valence-corrected chi connectivity index (χ2v) is 12.6. The molecule has 0 spiro atoms. The quantitative estimate of drug-likeness (QED) is 0.169. The van der Waals surface area contributed by atoms with Crippen LogP contribution in [-0.2, 0) is 0 Å². The van der Waals surface area contributed by atoms with Crippen LogP contribution in [0.2, 0.25) is 0 Å². The molecule has 2 heteroatoms. The largest absolute Gasteiger partial charge is 0.311 e. The van der Waals surface area contributed by atoms with Gasteiger partial charge in [-0.1, -0.05) is 140 Å². The molecule has 0 aliphatic heterocycles. The lowest BCUT2D eigenvalue weighted by Gasteiger charge is -2.26. The van der Waals surface area contributed by atoms with Crippen molar-refractivity contribution in [1.29, 1.82) is 0 Å². The number of fused-ring (bicyclic) bond motifs is 3. The summed E-state index contributed by atoms with van der Waals surface area (Å²) in [4.78, 5) is 2.32. The van der Waals surface area contributed by atoms with Crippen molar-refractivity contribution < 1.29 is 0 Å². The van der Waals surface area contributed by atoms with Crippen molar-refractivity contribution in [3.05, 3.63) is 206 Å². The number of aromatic nitrogens is 1. The fraction of sp³-hybridized carbons (Fsp3) is 0. The number of para-hydroxylation sites is 3. The predicted octanol–water partition coefficient (Wildman–Crippen LogP) is 13.3. The molecule has 0 bridgehead atoms. The van der Waals surface area contributed by atoms with Crippen molar-refractivity contribution in [2.45, 2.75) is 0 Å². The van der Waals surface area contributed by atoms with Gasteiger partial charge >= 0.3 is 0 Å². The van der Waals surface area contributed by atoms with E-state index in [0.717, 1.165) is 22.7 Å². The maximum absolute atomic E-state index is 2.38. The maximum atomic E-state index is 2.38. The summed E-state index contributed by atoms with van der Waals surface area (Å²) in [7, 11) is 0. The van der Waals surface area contributed by atoms with Gasteiger partial charge < -0.3 is 9.47 Å². The standard InChI is InChI=1S/C48H34N2/c1-3-13-35(14-4-1)38-15-11-16-39(33-38)36-25-29-42(30-26-36)49(41-18-5-2-6-19-41)43-31-27-37(28-32-43)40-17-12-20-44(34-40)50-47-23-9-7-21-45(47)46-22-8-10-24-48(46)50/h1-34H. The molecule has 1 heterocycles. The third-order valence-corrected chi connectivity index (χ3v) is 9.59. The van der Waals surface area contributed by atoms with Crippen LogP contribution < -0.4 is 4.90 Å². The average molecular weight is 639 g/mol. The van der Waals surface area contributed by atoms with Gasteiger partial charge in [0.25, 0.3) is 0 Å². The van der Waals surface area contributed by atoms with E-state index in [0.29, 0.717) is 0 Å². The van der Waals surface area contributed by atoms with Crippen molar-refractivity contribution in [3.63, 3.8) is 0 Å². The van der Waals surface area contributed by atoms with Crippen LogP contribution in [0.25, 0.3) is 60.9 Å². The number of hydrogen-bond donors (Lipinski definition) is 0. The van der Waals surface area contributed by atoms with Crippen LogP contribution in [0.1, 0.15) is 0 Å². The molecule has 0 atom stereocenters. The third-order valence-electron chi connectivity index (χ3n) is 9.59. The predicted molar refractivity (Wildman–Crippen MR) is 212 cm³/mol. The van der Waals surface area contributed by atoms with Crippen molar-refractivity contribution in [2.24, 2.45) is 0 Å². The Balaban J connectivity index is 1.05. The summed E-state index contributed by atoms with van der Waals surface area (Å²) in [5.41, 5.74) is 14.1. The fourth-order valence-electron chi connectivity index (χ4n) is 7.16. The van der Waals surface area contributed by atoms with Gasteiger partial charge in [0.05, 0.1) is 11.0 Å². The highest BCUT2D eigenvalue weighted by molar-refractivity contribution is 6.09. The van der Waals surface area contributed by atoms with Crippen LogP contribution in [0.4, 0.5) is 17.1 Å². The minimum atomic E-state index is 1.11. The number of benzene rings is 8. The molecule has 0 N–H and O–H groups in total. The van der Waals surface area contributed by atoms with Gasteiger partial charge in [0.2, 0.25) is 0 Å². The Morgan fingerprint density at radius 3 is 1.24 bits per heavy atom. The molecule has 0 saturated carbocycles. The van der Waals surface area contributed by atoms with Gasteiger partial charge in [-0.3, -0.25) is 0 Å². The summed E-state index contributed by atoms with van der Waals surface area (Å²) < 4.78 is 2.38. The molecule has 0 radical (unpaired) electrons. The molecule has 1 aromatic heterocycles. The summed E-state index contributed by atoms with van der Waals surface area (Å²) in [5, 5.41) is 2.54. The Morgan fingerprint density at radius 2 is 0.680 bits per heavy atom. The maximum Gasteiger partial charge on any atom is 0.0541 e. The number of anilines is 3. The smallest absolute Gasteiger partial charge is 0.0541 e. The lowest BCUT2D eigenvalue weighted by molar-refractivity contribution is 1.18. The monoisotopic (exact) mass is 638 g/mol. The molecule has 50 heavy (non-hydrogen) atoms. The van der Waals surface area contributed by atoms with Gasteiger partial charge in [-0.2, -0.15) is 0 Å². The summed E-state index contributed by atoms with van der Waals surface area (Å²) >= 11 is 0. The van der Waals surface area contributed by atoms with E-state index >= 15 is 0 Å². The summed E-state index contributed by atoms with van der Waals surface area (Å²) in [6.07, 6.45) is 0. The topological polar surface area (TPSA) is 8.17 Å². The molecular formula is C48H34N2. The summed E-state index contributed by atoms with van der Waals surface area (Å²) in [6.45, 7) is 0. The van der Waals surface area contributed by atoms with Crippen LogP contribution in [0.15, 0.2) is 206 Å². The second kappa shape index (κ2) is 12.8. The van der Waals surface area contributed by atoms with Gasteiger partial charge in [-0.25, -0.2) is 0 Å². The SMILES string of the molecule is c1ccc(-c2cccc(-c3ccc(N(c4ccccc4)c4ccc(-c5cccc(-n6c7ccccc7c7ccccc76)c5)cc4)cc3)c2)cc1. The molecular weight excluding hydrogens is 605 g/mol. The van der Waals surface area contributed by atoms with E-state index in [1.807, 2.05) is 0 Å². The second-order valence-electron chi connectivity index (χ2n) is 12.6. The molecule has 0 aliphatic rings. The van der Waals surface area contributed by atoms with E-state index < -0.39 is 0 Å². The molecule has 0 aliphatic carbocycles. The van der Waals surface area contributed by atoms with Gasteiger partial charge in [-0.05, 0) is 100 Å². The Morgan fingerprint density at radius 1 is 0.280 bits per heavy atom. The van der Waals surface area contributed by atoms with E-state index in [1.54, 1.807) is 0 Å². The molecule has 0 fully saturated rings. The molecule has 236 valence electrons. The zero-order chi connectivity index (χ0) is 33.3. The zero-order valence-corrected chi connectivity index (χ0v) is 27.5. The minimum Gasteiger partial charge on any atom is -0.311 e. The fourth-order valence-corrected chi connectivity index (χ4v) is 7.16. The highest BCUT2D eigenvalue weighted by Gasteiger charge is 2.15. The first-order valence-electron chi connectivity index (χ1n) is 17.1. The number of hydrogen-bond acceptors (Lipinski definition) is 1. The minimum absolute atomic E-state index is 1.11. The number of nitrogens with zero attached hydrogens (tertiary/aromatic N) is 2. The first-order chi connectivity index (χ1) is 24.8. The van der Waals surface area contributed by atoms with Gasteiger partial charge in [-0.15, -0.1) is 0 Å². The molecule has 0 unspecified atom stereocenters. The van der Waals surface area contributed by atoms with Gasteiger partial charge in [0.15, 0.2) is 0 Å². The van der Waals surface area contributed by atoms with E-state index in [4.69, 9.17) is 0 Å². The highest BCUT2D eigenvalue weighted by atomic mass is 15.1. The van der Waals surface area contributed by atoms with E-state index in [1.165, 1.54) is 55.2 Å². The van der Waals surface area contributed by atoms with Crippen molar-refractivity contribution in [1.82, 2.24) is 4.57 Å². The normalized spacial score (nSPS) is 11.2. The third kappa shape index (κ3) is 5.43. The highest BCUT2D eigenvalue weighted by Crippen LogP contribution is 2.38. The Hall–Kier alpha value is -6.64. The molecule has 0 amide bonds. The number of rotatable bonds is 7. The lowest BCUT2D eigenvalue weighted by atomic mass is 9.99. The van der Waals surface area contributed by atoms with Crippen LogP contribution in [0.3, 0.4) is 0 Å². The molecule has 9 aromatic rings. The van der Waals surface area contributed by atoms with Crippen molar-refractivity contribution in [2.75, 3.05) is 4.90 Å². The van der Waals surface area contributed by atoms with Crippen LogP contribution in [0, 0.1) is 0 Å². The van der Waals surface area contributed by atoms with Crippen molar-refractivity contribution in [3.8, 4) is 39.1 Å². The lowest BCUT2D eigenvalue weighted by Crippen LogP contribution is -2.09. The first kappa shape index (κ1) is 29.5.